The van der Waals surface area contributed by atoms with Crippen molar-refractivity contribution in [1.82, 2.24) is 9.97 Å². The van der Waals surface area contributed by atoms with E-state index < -0.39 is 0 Å². The number of nitrogens with one attached hydrogen (secondary N) is 2. The second-order valence-corrected chi connectivity index (χ2v) is 6.58. The lowest BCUT2D eigenvalue weighted by molar-refractivity contribution is 0.102. The number of carbonyl (C=O) groups excluding carboxylic acids is 1. The molecule has 132 valence electrons. The van der Waals surface area contributed by atoms with E-state index >= 15 is 0 Å². The van der Waals surface area contributed by atoms with Crippen molar-refractivity contribution in [3.63, 3.8) is 0 Å². The van der Waals surface area contributed by atoms with Gasteiger partial charge in [-0.2, -0.15) is 0 Å². The van der Waals surface area contributed by atoms with Gasteiger partial charge in [-0.05, 0) is 55.7 Å². The van der Waals surface area contributed by atoms with Crippen molar-refractivity contribution in [1.29, 1.82) is 0 Å². The second kappa shape index (κ2) is 7.54. The van der Waals surface area contributed by atoms with Crippen LogP contribution in [-0.2, 0) is 0 Å². The Morgan fingerprint density at radius 2 is 1.65 bits per heavy atom. The molecule has 1 aromatic heterocycles. The highest BCUT2D eigenvalue weighted by atomic mass is 35.5. The Bertz CT molecular complexity index is 955. The third kappa shape index (κ3) is 4.18. The van der Waals surface area contributed by atoms with Crippen LogP contribution in [0.3, 0.4) is 0 Å². The summed E-state index contributed by atoms with van der Waals surface area (Å²) in [5, 5.41) is 6.66. The van der Waals surface area contributed by atoms with E-state index in [-0.39, 0.29) is 11.6 Å². The summed E-state index contributed by atoms with van der Waals surface area (Å²) in [4.78, 5) is 20.9. The predicted octanol–water partition coefficient (Wildman–Crippen LogP) is 5.05. The highest BCUT2D eigenvalue weighted by Gasteiger charge is 2.10. The van der Waals surface area contributed by atoms with E-state index in [1.807, 2.05) is 57.2 Å². The van der Waals surface area contributed by atoms with E-state index in [9.17, 15) is 4.79 Å². The smallest absolute Gasteiger partial charge is 0.275 e. The number of rotatable bonds is 4. The summed E-state index contributed by atoms with van der Waals surface area (Å²) in [6, 6.07) is 11.5. The topological polar surface area (TPSA) is 66.9 Å². The molecule has 0 aliphatic carbocycles. The molecule has 0 aliphatic rings. The van der Waals surface area contributed by atoms with Gasteiger partial charge in [0.2, 0.25) is 0 Å². The standard InChI is InChI=1S/C20H19ClN4O/c1-12-4-5-13(2)16(8-12)25-20(26)18-10-23-19(11-22-18)24-17-9-15(21)7-6-14(17)3/h4-11H,1-3H3,(H,23,24)(H,25,26). The number of amides is 1. The van der Waals surface area contributed by atoms with E-state index in [2.05, 4.69) is 20.6 Å². The quantitative estimate of drug-likeness (QED) is 0.678. The van der Waals surface area contributed by atoms with Gasteiger partial charge in [0.1, 0.15) is 11.5 Å². The number of benzene rings is 2. The van der Waals surface area contributed by atoms with Crippen molar-refractivity contribution in [3.8, 4) is 0 Å². The normalized spacial score (nSPS) is 10.5. The van der Waals surface area contributed by atoms with E-state index in [0.29, 0.717) is 10.8 Å². The Morgan fingerprint density at radius 3 is 2.38 bits per heavy atom. The first kappa shape index (κ1) is 17.9. The van der Waals surface area contributed by atoms with Gasteiger partial charge < -0.3 is 10.6 Å². The molecule has 0 spiro atoms. The number of aryl methyl sites for hydroxylation is 3. The number of halogens is 1. The minimum atomic E-state index is -0.295. The first-order valence-corrected chi connectivity index (χ1v) is 8.54. The van der Waals surface area contributed by atoms with Crippen LogP contribution in [0.25, 0.3) is 0 Å². The summed E-state index contributed by atoms with van der Waals surface area (Å²) in [7, 11) is 0. The van der Waals surface area contributed by atoms with E-state index in [1.54, 1.807) is 0 Å². The first-order chi connectivity index (χ1) is 12.4. The fourth-order valence-electron chi connectivity index (χ4n) is 2.43. The molecule has 6 heteroatoms. The van der Waals surface area contributed by atoms with Gasteiger partial charge >= 0.3 is 0 Å². The Morgan fingerprint density at radius 1 is 0.923 bits per heavy atom. The SMILES string of the molecule is Cc1ccc(C)c(NC(=O)c2cnc(Nc3cc(Cl)ccc3C)cn2)c1. The van der Waals surface area contributed by atoms with Crippen LogP contribution in [0.5, 0.6) is 0 Å². The Hall–Kier alpha value is -2.92. The van der Waals surface area contributed by atoms with Crippen LogP contribution in [0.2, 0.25) is 5.02 Å². The summed E-state index contributed by atoms with van der Waals surface area (Å²) in [6.45, 7) is 5.90. The van der Waals surface area contributed by atoms with Crippen molar-refractivity contribution in [3.05, 3.63) is 76.2 Å². The average Bonchev–Trinajstić information content (AvgIpc) is 2.62. The van der Waals surface area contributed by atoms with Crippen molar-refractivity contribution in [2.24, 2.45) is 0 Å². The number of aromatic nitrogens is 2. The third-order valence-electron chi connectivity index (χ3n) is 3.99. The highest BCUT2D eigenvalue weighted by Crippen LogP contribution is 2.23. The lowest BCUT2D eigenvalue weighted by Crippen LogP contribution is -2.15. The molecule has 0 radical (unpaired) electrons. The summed E-state index contributed by atoms with van der Waals surface area (Å²) in [5.41, 5.74) is 4.97. The molecule has 0 aliphatic heterocycles. The molecule has 1 amide bonds. The van der Waals surface area contributed by atoms with Gasteiger partial charge in [-0.25, -0.2) is 9.97 Å². The van der Waals surface area contributed by atoms with Crippen molar-refractivity contribution < 1.29 is 4.79 Å². The summed E-state index contributed by atoms with van der Waals surface area (Å²) in [6.07, 6.45) is 2.97. The van der Waals surface area contributed by atoms with E-state index in [1.165, 1.54) is 12.4 Å². The molecule has 0 saturated carbocycles. The van der Waals surface area contributed by atoms with E-state index in [4.69, 9.17) is 11.6 Å². The van der Waals surface area contributed by atoms with Crippen LogP contribution in [0.1, 0.15) is 27.2 Å². The van der Waals surface area contributed by atoms with Crippen molar-refractivity contribution >= 4 is 34.7 Å². The van der Waals surface area contributed by atoms with Crippen LogP contribution in [0.4, 0.5) is 17.2 Å². The molecule has 2 aromatic carbocycles. The van der Waals surface area contributed by atoms with Gasteiger partial charge in [-0.1, -0.05) is 29.8 Å². The maximum Gasteiger partial charge on any atom is 0.275 e. The van der Waals surface area contributed by atoms with Crippen LogP contribution in [0, 0.1) is 20.8 Å². The van der Waals surface area contributed by atoms with E-state index in [0.717, 1.165) is 28.1 Å². The lowest BCUT2D eigenvalue weighted by atomic mass is 10.1. The van der Waals surface area contributed by atoms with Gasteiger partial charge in [0.15, 0.2) is 0 Å². The monoisotopic (exact) mass is 366 g/mol. The zero-order valence-corrected chi connectivity index (χ0v) is 15.6. The van der Waals surface area contributed by atoms with Crippen LogP contribution in [-0.4, -0.2) is 15.9 Å². The molecule has 0 bridgehead atoms. The maximum atomic E-state index is 12.4. The molecule has 1 heterocycles. The summed E-state index contributed by atoms with van der Waals surface area (Å²) < 4.78 is 0. The number of carbonyl (C=O) groups is 1. The van der Waals surface area contributed by atoms with Crippen LogP contribution in [0.15, 0.2) is 48.8 Å². The molecule has 5 nitrogen and oxygen atoms in total. The number of anilines is 3. The summed E-state index contributed by atoms with van der Waals surface area (Å²) in [5.74, 6) is 0.246. The maximum absolute atomic E-state index is 12.4. The number of hydrogen-bond acceptors (Lipinski definition) is 4. The van der Waals surface area contributed by atoms with Crippen LogP contribution < -0.4 is 10.6 Å². The van der Waals surface area contributed by atoms with Gasteiger partial charge in [0.05, 0.1) is 12.4 Å². The number of nitrogens with zero attached hydrogens (tertiary/aromatic N) is 2. The fraction of sp³-hybridized carbons (Fsp3) is 0.150. The molecule has 0 saturated heterocycles. The molecule has 0 atom stereocenters. The second-order valence-electron chi connectivity index (χ2n) is 6.14. The molecule has 3 rings (SSSR count). The van der Waals surface area contributed by atoms with Gasteiger partial charge in [0.25, 0.3) is 5.91 Å². The van der Waals surface area contributed by atoms with Gasteiger partial charge in [-0.3, -0.25) is 4.79 Å². The zero-order valence-electron chi connectivity index (χ0n) is 14.8. The Balaban J connectivity index is 1.73. The zero-order chi connectivity index (χ0) is 18.7. The van der Waals surface area contributed by atoms with Gasteiger partial charge in [0, 0.05) is 16.4 Å². The minimum Gasteiger partial charge on any atom is -0.339 e. The lowest BCUT2D eigenvalue weighted by Gasteiger charge is -2.10. The largest absolute Gasteiger partial charge is 0.339 e. The van der Waals surface area contributed by atoms with Crippen molar-refractivity contribution in [2.45, 2.75) is 20.8 Å². The van der Waals surface area contributed by atoms with Crippen molar-refractivity contribution in [2.75, 3.05) is 10.6 Å². The van der Waals surface area contributed by atoms with Gasteiger partial charge in [-0.15, -0.1) is 0 Å². The molecule has 26 heavy (non-hydrogen) atoms. The minimum absolute atomic E-state index is 0.249. The fourth-order valence-corrected chi connectivity index (χ4v) is 2.61. The van der Waals surface area contributed by atoms with Crippen LogP contribution >= 0.6 is 11.6 Å². The number of hydrogen-bond donors (Lipinski definition) is 2. The molecule has 3 aromatic rings. The Kier molecular flexibility index (Phi) is 5.19. The summed E-state index contributed by atoms with van der Waals surface area (Å²) >= 11 is 6.02. The molecular formula is C20H19ClN4O. The predicted molar refractivity (Wildman–Crippen MR) is 105 cm³/mol. The molecule has 0 unspecified atom stereocenters. The molecule has 2 N–H and O–H groups in total. The molecule has 0 fully saturated rings. The Labute approximate surface area is 157 Å². The third-order valence-corrected chi connectivity index (χ3v) is 4.22. The molecular weight excluding hydrogens is 348 g/mol. The highest BCUT2D eigenvalue weighted by molar-refractivity contribution is 6.30. The average molecular weight is 367 g/mol. The first-order valence-electron chi connectivity index (χ1n) is 8.16.